The number of hydrogen-bond donors (Lipinski definition) is 0. The van der Waals surface area contributed by atoms with Crippen molar-refractivity contribution in [2.24, 2.45) is 0 Å². The Morgan fingerprint density at radius 1 is 1.00 bits per heavy atom. The van der Waals surface area contributed by atoms with E-state index in [9.17, 15) is 4.39 Å². The van der Waals surface area contributed by atoms with Gasteiger partial charge in [0.2, 0.25) is 0 Å². The van der Waals surface area contributed by atoms with Gasteiger partial charge in [0.05, 0.1) is 0 Å². The fourth-order valence-electron chi connectivity index (χ4n) is 1.33. The fourth-order valence-corrected chi connectivity index (χ4v) is 1.33. The Balaban J connectivity index is 2.26. The van der Waals surface area contributed by atoms with Crippen LogP contribution in [-0.2, 0) is 0 Å². The van der Waals surface area contributed by atoms with Crippen molar-refractivity contribution >= 4 is 0 Å². The van der Waals surface area contributed by atoms with E-state index in [0.717, 1.165) is 5.56 Å². The number of rotatable bonds is 2. The molecule has 0 bridgehead atoms. The Morgan fingerprint density at radius 3 is 2.53 bits per heavy atom. The van der Waals surface area contributed by atoms with Crippen LogP contribution in [0.3, 0.4) is 0 Å². The van der Waals surface area contributed by atoms with Gasteiger partial charge in [0.15, 0.2) is 11.6 Å². The highest BCUT2D eigenvalue weighted by atomic mass is 19.1. The number of halogens is 1. The second-order valence-corrected chi connectivity index (χ2v) is 3.35. The van der Waals surface area contributed by atoms with Crippen LogP contribution in [-0.4, -0.2) is 0 Å². The molecule has 2 heteroatoms. The van der Waals surface area contributed by atoms with E-state index in [1.807, 2.05) is 25.1 Å². The average Bonchev–Trinajstić information content (AvgIpc) is 2.22. The van der Waals surface area contributed by atoms with Crippen LogP contribution in [0, 0.1) is 12.7 Å². The minimum atomic E-state index is -0.348. The van der Waals surface area contributed by atoms with Gasteiger partial charge >= 0.3 is 0 Å². The standard InChI is InChI=1S/C13H11FO/c1-10-5-4-6-11(9-10)15-13-8-3-2-7-12(13)14/h2-9H,1H3. The second kappa shape index (κ2) is 4.13. The Labute approximate surface area is 88.1 Å². The van der Waals surface area contributed by atoms with E-state index in [0.29, 0.717) is 5.75 Å². The van der Waals surface area contributed by atoms with Crippen LogP contribution >= 0.6 is 0 Å². The lowest BCUT2D eigenvalue weighted by Gasteiger charge is -2.06. The zero-order valence-corrected chi connectivity index (χ0v) is 8.41. The summed E-state index contributed by atoms with van der Waals surface area (Å²) in [6.07, 6.45) is 0. The topological polar surface area (TPSA) is 9.23 Å². The number of hydrogen-bond acceptors (Lipinski definition) is 1. The van der Waals surface area contributed by atoms with Crippen molar-refractivity contribution in [1.82, 2.24) is 0 Å². The zero-order chi connectivity index (χ0) is 10.7. The predicted molar refractivity (Wildman–Crippen MR) is 57.7 cm³/mol. The van der Waals surface area contributed by atoms with Gasteiger partial charge in [-0.3, -0.25) is 0 Å². The van der Waals surface area contributed by atoms with Gasteiger partial charge < -0.3 is 4.74 Å². The third kappa shape index (κ3) is 2.34. The van der Waals surface area contributed by atoms with Crippen LogP contribution in [0.5, 0.6) is 11.5 Å². The molecule has 0 saturated carbocycles. The molecule has 0 radical (unpaired) electrons. The van der Waals surface area contributed by atoms with Crippen LogP contribution in [0.15, 0.2) is 48.5 Å². The van der Waals surface area contributed by atoms with Crippen LogP contribution in [0.2, 0.25) is 0 Å². The molecule has 0 unspecified atom stereocenters. The van der Waals surface area contributed by atoms with Crippen molar-refractivity contribution in [2.45, 2.75) is 6.92 Å². The molecule has 0 atom stereocenters. The molecule has 0 amide bonds. The molecule has 0 spiro atoms. The van der Waals surface area contributed by atoms with Crippen molar-refractivity contribution in [3.05, 3.63) is 59.9 Å². The van der Waals surface area contributed by atoms with Crippen molar-refractivity contribution in [2.75, 3.05) is 0 Å². The summed E-state index contributed by atoms with van der Waals surface area (Å²) in [4.78, 5) is 0. The third-order valence-corrected chi connectivity index (χ3v) is 2.05. The van der Waals surface area contributed by atoms with E-state index in [1.54, 1.807) is 24.3 Å². The summed E-state index contributed by atoms with van der Waals surface area (Å²) in [5.41, 5.74) is 1.09. The molecular weight excluding hydrogens is 191 g/mol. The van der Waals surface area contributed by atoms with Crippen LogP contribution in [0.25, 0.3) is 0 Å². The first-order chi connectivity index (χ1) is 7.25. The molecule has 0 fully saturated rings. The maximum Gasteiger partial charge on any atom is 0.165 e. The normalized spacial score (nSPS) is 10.0. The van der Waals surface area contributed by atoms with Gasteiger partial charge in [-0.05, 0) is 36.8 Å². The molecule has 0 saturated heterocycles. The monoisotopic (exact) mass is 202 g/mol. The molecule has 2 rings (SSSR count). The van der Waals surface area contributed by atoms with E-state index >= 15 is 0 Å². The first kappa shape index (κ1) is 9.71. The van der Waals surface area contributed by atoms with E-state index in [1.165, 1.54) is 6.07 Å². The van der Waals surface area contributed by atoms with Crippen molar-refractivity contribution in [3.63, 3.8) is 0 Å². The molecular formula is C13H11FO. The van der Waals surface area contributed by atoms with Gasteiger partial charge in [0, 0.05) is 0 Å². The number of benzene rings is 2. The lowest BCUT2D eigenvalue weighted by Crippen LogP contribution is -1.87. The van der Waals surface area contributed by atoms with Crippen molar-refractivity contribution in [1.29, 1.82) is 0 Å². The number of para-hydroxylation sites is 1. The molecule has 0 heterocycles. The number of ether oxygens (including phenoxy) is 1. The highest BCUT2D eigenvalue weighted by Crippen LogP contribution is 2.24. The summed E-state index contributed by atoms with van der Waals surface area (Å²) < 4.78 is 18.7. The first-order valence-electron chi connectivity index (χ1n) is 4.75. The maximum absolute atomic E-state index is 13.3. The predicted octanol–water partition coefficient (Wildman–Crippen LogP) is 3.93. The number of aryl methyl sites for hydroxylation is 1. The lowest BCUT2D eigenvalue weighted by atomic mass is 10.2. The molecule has 2 aromatic carbocycles. The Kier molecular flexibility index (Phi) is 2.68. The molecule has 0 aliphatic rings. The molecule has 0 aliphatic heterocycles. The van der Waals surface area contributed by atoms with Gasteiger partial charge in [0.1, 0.15) is 5.75 Å². The van der Waals surface area contributed by atoms with Gasteiger partial charge in [0.25, 0.3) is 0 Å². The summed E-state index contributed by atoms with van der Waals surface area (Å²) >= 11 is 0. The highest BCUT2D eigenvalue weighted by Gasteiger charge is 2.02. The van der Waals surface area contributed by atoms with Gasteiger partial charge in [-0.2, -0.15) is 0 Å². The van der Waals surface area contributed by atoms with E-state index < -0.39 is 0 Å². The van der Waals surface area contributed by atoms with E-state index in [-0.39, 0.29) is 11.6 Å². The minimum Gasteiger partial charge on any atom is -0.454 e. The van der Waals surface area contributed by atoms with Crippen LogP contribution in [0.4, 0.5) is 4.39 Å². The zero-order valence-electron chi connectivity index (χ0n) is 8.41. The summed E-state index contributed by atoms with van der Waals surface area (Å²) in [7, 11) is 0. The molecule has 1 nitrogen and oxygen atoms in total. The van der Waals surface area contributed by atoms with E-state index in [2.05, 4.69) is 0 Å². The van der Waals surface area contributed by atoms with Gasteiger partial charge in [-0.15, -0.1) is 0 Å². The van der Waals surface area contributed by atoms with Crippen LogP contribution in [0.1, 0.15) is 5.56 Å². The Morgan fingerprint density at radius 2 is 1.80 bits per heavy atom. The fraction of sp³-hybridized carbons (Fsp3) is 0.0769. The summed E-state index contributed by atoms with van der Waals surface area (Å²) in [5, 5.41) is 0. The van der Waals surface area contributed by atoms with Gasteiger partial charge in [-0.25, -0.2) is 4.39 Å². The summed E-state index contributed by atoms with van der Waals surface area (Å²) in [5.74, 6) is 0.558. The second-order valence-electron chi connectivity index (χ2n) is 3.35. The Hall–Kier alpha value is -1.83. The first-order valence-corrected chi connectivity index (χ1v) is 4.75. The molecule has 0 aliphatic carbocycles. The maximum atomic E-state index is 13.3. The van der Waals surface area contributed by atoms with Crippen molar-refractivity contribution in [3.8, 4) is 11.5 Å². The SMILES string of the molecule is Cc1cccc(Oc2ccccc2F)c1. The van der Waals surface area contributed by atoms with E-state index in [4.69, 9.17) is 4.74 Å². The van der Waals surface area contributed by atoms with Crippen LogP contribution < -0.4 is 4.74 Å². The molecule has 0 aromatic heterocycles. The summed E-state index contributed by atoms with van der Waals surface area (Å²) in [6, 6.07) is 13.9. The average molecular weight is 202 g/mol. The highest BCUT2D eigenvalue weighted by molar-refractivity contribution is 5.34. The largest absolute Gasteiger partial charge is 0.454 e. The third-order valence-electron chi connectivity index (χ3n) is 2.05. The molecule has 2 aromatic rings. The smallest absolute Gasteiger partial charge is 0.165 e. The lowest BCUT2D eigenvalue weighted by molar-refractivity contribution is 0.442. The molecule has 76 valence electrons. The molecule has 15 heavy (non-hydrogen) atoms. The molecule has 0 N–H and O–H groups in total. The Bertz CT molecular complexity index is 466. The van der Waals surface area contributed by atoms with Gasteiger partial charge in [-0.1, -0.05) is 24.3 Å². The quantitative estimate of drug-likeness (QED) is 0.717. The van der Waals surface area contributed by atoms with Crippen molar-refractivity contribution < 1.29 is 9.13 Å². The minimum absolute atomic E-state index is 0.253. The summed E-state index contributed by atoms with van der Waals surface area (Å²) in [6.45, 7) is 1.97.